The maximum absolute atomic E-state index is 12.4. The largest absolute Gasteiger partial charge is 0.507 e. The summed E-state index contributed by atoms with van der Waals surface area (Å²) in [6.07, 6.45) is 0. The van der Waals surface area contributed by atoms with Gasteiger partial charge in [0.05, 0.1) is 3.57 Å². The van der Waals surface area contributed by atoms with Gasteiger partial charge in [-0.15, -0.1) is 0 Å². The van der Waals surface area contributed by atoms with Crippen molar-refractivity contribution in [1.29, 1.82) is 0 Å². The van der Waals surface area contributed by atoms with Crippen LogP contribution in [0.15, 0.2) is 18.2 Å². The van der Waals surface area contributed by atoms with Gasteiger partial charge in [-0.3, -0.25) is 9.59 Å². The minimum absolute atomic E-state index is 0.0530. The zero-order chi connectivity index (χ0) is 14.0. The Morgan fingerprint density at radius 3 is 2.84 bits per heavy atom. The summed E-state index contributed by atoms with van der Waals surface area (Å²) in [5.74, 6) is -0.774. The normalized spacial score (nSPS) is 19.2. The molecule has 102 valence electrons. The number of phenols is 1. The molecule has 7 heteroatoms. The zero-order valence-electron chi connectivity index (χ0n) is 10.1. The molecule has 19 heavy (non-hydrogen) atoms. The van der Waals surface area contributed by atoms with Crippen molar-refractivity contribution in [2.45, 2.75) is 6.04 Å². The van der Waals surface area contributed by atoms with Gasteiger partial charge in [0, 0.05) is 25.2 Å². The predicted octanol–water partition coefficient (Wildman–Crippen LogP) is -0.104. The second-order valence-electron chi connectivity index (χ2n) is 4.29. The molecule has 1 unspecified atom stereocenters. The van der Waals surface area contributed by atoms with Crippen molar-refractivity contribution < 1.29 is 14.7 Å². The molecule has 0 saturated carbocycles. The fraction of sp³-hybridized carbons (Fsp3) is 0.333. The van der Waals surface area contributed by atoms with Crippen LogP contribution in [0.25, 0.3) is 0 Å². The highest BCUT2D eigenvalue weighted by Crippen LogP contribution is 2.22. The molecule has 1 aromatic carbocycles. The lowest BCUT2D eigenvalue weighted by Gasteiger charge is -2.34. The van der Waals surface area contributed by atoms with Gasteiger partial charge in [-0.25, -0.2) is 0 Å². The second kappa shape index (κ2) is 5.74. The SMILES string of the molecule is NC(=O)C1CNCCN1C(=O)c1ccc(I)c(O)c1. The van der Waals surface area contributed by atoms with Crippen LogP contribution in [0, 0.1) is 3.57 Å². The molecular weight excluding hydrogens is 361 g/mol. The second-order valence-corrected chi connectivity index (χ2v) is 5.45. The topological polar surface area (TPSA) is 95.7 Å². The zero-order valence-corrected chi connectivity index (χ0v) is 12.3. The van der Waals surface area contributed by atoms with E-state index in [1.54, 1.807) is 12.1 Å². The number of phenolic OH excluding ortho intramolecular Hbond substituents is 1. The Bertz CT molecular complexity index is 521. The van der Waals surface area contributed by atoms with Gasteiger partial charge in [0.2, 0.25) is 5.91 Å². The first-order chi connectivity index (χ1) is 9.00. The number of nitrogens with one attached hydrogen (secondary N) is 1. The minimum Gasteiger partial charge on any atom is -0.507 e. The number of piperazine rings is 1. The number of hydrogen-bond donors (Lipinski definition) is 3. The predicted molar refractivity (Wildman–Crippen MR) is 77.7 cm³/mol. The van der Waals surface area contributed by atoms with Crippen LogP contribution in [0.1, 0.15) is 10.4 Å². The summed E-state index contributed by atoms with van der Waals surface area (Å²) in [5, 5.41) is 12.7. The van der Waals surface area contributed by atoms with Gasteiger partial charge in [0.15, 0.2) is 0 Å². The third kappa shape index (κ3) is 2.98. The lowest BCUT2D eigenvalue weighted by Crippen LogP contribution is -2.58. The molecule has 0 aliphatic carbocycles. The van der Waals surface area contributed by atoms with Crippen LogP contribution in [0.5, 0.6) is 5.75 Å². The number of amides is 2. The van der Waals surface area contributed by atoms with Crippen molar-refractivity contribution in [3.05, 3.63) is 27.3 Å². The van der Waals surface area contributed by atoms with E-state index in [4.69, 9.17) is 5.73 Å². The van der Waals surface area contributed by atoms with E-state index in [1.807, 2.05) is 22.6 Å². The number of rotatable bonds is 2. The van der Waals surface area contributed by atoms with Crippen molar-refractivity contribution in [3.63, 3.8) is 0 Å². The Morgan fingerprint density at radius 1 is 1.47 bits per heavy atom. The van der Waals surface area contributed by atoms with E-state index in [-0.39, 0.29) is 11.7 Å². The van der Waals surface area contributed by atoms with E-state index in [0.717, 1.165) is 0 Å². The fourth-order valence-electron chi connectivity index (χ4n) is 2.01. The summed E-state index contributed by atoms with van der Waals surface area (Å²) in [6.45, 7) is 1.39. The molecule has 0 bridgehead atoms. The standard InChI is InChI=1S/C12H14IN3O3/c13-8-2-1-7(5-10(8)17)12(19)16-4-3-15-6-9(16)11(14)18/h1-2,5,9,15,17H,3-4,6H2,(H2,14,18). The molecule has 0 spiro atoms. The highest BCUT2D eigenvalue weighted by atomic mass is 127. The summed E-state index contributed by atoms with van der Waals surface area (Å²) < 4.78 is 0.668. The smallest absolute Gasteiger partial charge is 0.254 e. The third-order valence-corrected chi connectivity index (χ3v) is 3.94. The number of benzene rings is 1. The van der Waals surface area contributed by atoms with Gasteiger partial charge in [0.25, 0.3) is 5.91 Å². The molecule has 1 aliphatic heterocycles. The molecule has 1 heterocycles. The molecule has 0 aromatic heterocycles. The summed E-state index contributed by atoms with van der Waals surface area (Å²) in [4.78, 5) is 25.2. The number of nitrogens with two attached hydrogens (primary N) is 1. The van der Waals surface area contributed by atoms with Crippen molar-refractivity contribution in [1.82, 2.24) is 10.2 Å². The first-order valence-electron chi connectivity index (χ1n) is 5.80. The first-order valence-corrected chi connectivity index (χ1v) is 6.88. The molecular formula is C12H14IN3O3. The highest BCUT2D eigenvalue weighted by Gasteiger charge is 2.31. The summed E-state index contributed by atoms with van der Waals surface area (Å²) in [5.41, 5.74) is 5.66. The Hall–Kier alpha value is -1.35. The molecule has 1 saturated heterocycles. The first kappa shape index (κ1) is 14.1. The quantitative estimate of drug-likeness (QED) is 0.629. The molecule has 2 rings (SSSR count). The van der Waals surface area contributed by atoms with Gasteiger partial charge in [-0.2, -0.15) is 0 Å². The van der Waals surface area contributed by atoms with Gasteiger partial charge in [0.1, 0.15) is 11.8 Å². The number of carbonyl (C=O) groups is 2. The third-order valence-electron chi connectivity index (χ3n) is 3.03. The van der Waals surface area contributed by atoms with Crippen molar-refractivity contribution in [2.24, 2.45) is 5.73 Å². The average molecular weight is 375 g/mol. The van der Waals surface area contributed by atoms with E-state index >= 15 is 0 Å². The Morgan fingerprint density at radius 2 is 2.21 bits per heavy atom. The maximum Gasteiger partial charge on any atom is 0.254 e. The van der Waals surface area contributed by atoms with Crippen LogP contribution in [0.3, 0.4) is 0 Å². The molecule has 0 radical (unpaired) electrons. The number of nitrogens with zero attached hydrogens (tertiary/aromatic N) is 1. The summed E-state index contributed by atoms with van der Waals surface area (Å²) >= 11 is 1.97. The van der Waals surface area contributed by atoms with Gasteiger partial charge in [-0.05, 0) is 40.8 Å². The minimum atomic E-state index is -0.650. The Kier molecular flexibility index (Phi) is 4.25. The number of carbonyl (C=O) groups excluding carboxylic acids is 2. The van der Waals surface area contributed by atoms with E-state index in [2.05, 4.69) is 5.32 Å². The van der Waals surface area contributed by atoms with Gasteiger partial charge >= 0.3 is 0 Å². The van der Waals surface area contributed by atoms with Crippen molar-refractivity contribution in [3.8, 4) is 5.75 Å². The number of hydrogen-bond acceptors (Lipinski definition) is 4. The van der Waals surface area contributed by atoms with Gasteiger partial charge < -0.3 is 21.1 Å². The van der Waals surface area contributed by atoms with E-state index in [9.17, 15) is 14.7 Å². The van der Waals surface area contributed by atoms with Crippen molar-refractivity contribution in [2.75, 3.05) is 19.6 Å². The molecule has 1 aromatic rings. The highest BCUT2D eigenvalue weighted by molar-refractivity contribution is 14.1. The fourth-order valence-corrected chi connectivity index (χ4v) is 2.35. The Balaban J connectivity index is 2.26. The van der Waals surface area contributed by atoms with E-state index in [0.29, 0.717) is 28.8 Å². The van der Waals surface area contributed by atoms with Crippen molar-refractivity contribution >= 4 is 34.4 Å². The van der Waals surface area contributed by atoms with Crippen LogP contribution in [0.4, 0.5) is 0 Å². The molecule has 2 amide bonds. The van der Waals surface area contributed by atoms with Crippen LogP contribution < -0.4 is 11.1 Å². The maximum atomic E-state index is 12.4. The molecule has 4 N–H and O–H groups in total. The summed E-state index contributed by atoms with van der Waals surface area (Å²) in [7, 11) is 0. The average Bonchev–Trinajstić information content (AvgIpc) is 2.41. The summed E-state index contributed by atoms with van der Waals surface area (Å²) in [6, 6.07) is 4.04. The number of halogens is 1. The Labute approximate surface area is 124 Å². The van der Waals surface area contributed by atoms with Crippen LogP contribution in [0.2, 0.25) is 0 Å². The molecule has 6 nitrogen and oxygen atoms in total. The van der Waals surface area contributed by atoms with E-state index < -0.39 is 11.9 Å². The lowest BCUT2D eigenvalue weighted by atomic mass is 10.1. The van der Waals surface area contributed by atoms with Crippen LogP contribution in [-0.2, 0) is 4.79 Å². The monoisotopic (exact) mass is 375 g/mol. The van der Waals surface area contributed by atoms with Gasteiger partial charge in [-0.1, -0.05) is 0 Å². The molecule has 1 fully saturated rings. The number of primary amides is 1. The molecule has 1 atom stereocenters. The molecule has 1 aliphatic rings. The van der Waals surface area contributed by atoms with Crippen LogP contribution >= 0.6 is 22.6 Å². The lowest BCUT2D eigenvalue weighted by molar-refractivity contribution is -0.122. The van der Waals surface area contributed by atoms with Crippen LogP contribution in [-0.4, -0.2) is 47.5 Å². The van der Waals surface area contributed by atoms with E-state index in [1.165, 1.54) is 11.0 Å². The number of aromatic hydroxyl groups is 1.